The van der Waals surface area contributed by atoms with Crippen molar-refractivity contribution in [3.8, 4) is 11.1 Å². The normalized spacial score (nSPS) is 13.5. The van der Waals surface area contributed by atoms with Gasteiger partial charge in [0.2, 0.25) is 0 Å². The van der Waals surface area contributed by atoms with Crippen LogP contribution in [0, 0.1) is 0 Å². The third-order valence-corrected chi connectivity index (χ3v) is 7.93. The third-order valence-electron chi connectivity index (χ3n) is 7.93. The first-order valence-corrected chi connectivity index (χ1v) is 15.1. The molecule has 6 aromatic carbocycles. The molecule has 2 aliphatic heterocycles. The van der Waals surface area contributed by atoms with Gasteiger partial charge in [0, 0.05) is 11.1 Å². The Labute approximate surface area is 291 Å². The molecule has 0 saturated carbocycles. The maximum atomic E-state index is 4.70. The summed E-state index contributed by atoms with van der Waals surface area (Å²) in [5.74, 6) is 1.64. The number of benzene rings is 6. The van der Waals surface area contributed by atoms with E-state index in [0.29, 0.717) is 0 Å². The first kappa shape index (κ1) is 32.0. The molecule has 2 aliphatic rings. The van der Waals surface area contributed by atoms with Gasteiger partial charge in [-0.05, 0) is 59.7 Å². The molecule has 238 valence electrons. The molecule has 0 amide bonds. The zero-order valence-corrected chi connectivity index (χ0v) is 27.3. The van der Waals surface area contributed by atoms with Crippen molar-refractivity contribution in [1.29, 1.82) is 0 Å². The number of anilines is 4. The topological polar surface area (TPSA) is 61.7 Å². The molecular formula is C38H32Cl2N8. The van der Waals surface area contributed by atoms with Gasteiger partial charge in [-0.25, -0.2) is 10.0 Å². The minimum absolute atomic E-state index is 0. The average molecular weight is 672 g/mol. The predicted molar refractivity (Wildman–Crippen MR) is 201 cm³/mol. The number of rotatable bonds is 7. The molecule has 0 aliphatic carbocycles. The summed E-state index contributed by atoms with van der Waals surface area (Å²) in [5.41, 5.74) is 14.6. The van der Waals surface area contributed by atoms with Crippen LogP contribution >= 0.6 is 24.8 Å². The van der Waals surface area contributed by atoms with E-state index in [4.69, 9.17) is 10.2 Å². The summed E-state index contributed by atoms with van der Waals surface area (Å²) >= 11 is 0. The highest BCUT2D eigenvalue weighted by Crippen LogP contribution is 2.32. The summed E-state index contributed by atoms with van der Waals surface area (Å²) in [7, 11) is 0. The summed E-state index contributed by atoms with van der Waals surface area (Å²) in [6.07, 6.45) is 0. The Morgan fingerprint density at radius 2 is 0.625 bits per heavy atom. The molecule has 0 fully saturated rings. The number of para-hydroxylation sites is 2. The van der Waals surface area contributed by atoms with Crippen LogP contribution in [0.2, 0.25) is 0 Å². The van der Waals surface area contributed by atoms with Crippen LogP contribution in [-0.4, -0.2) is 11.7 Å². The molecule has 2 heterocycles. The number of hydrazone groups is 2. The second-order valence-electron chi connectivity index (χ2n) is 10.8. The van der Waals surface area contributed by atoms with E-state index >= 15 is 0 Å². The third kappa shape index (κ3) is 6.10. The molecule has 2 N–H and O–H groups in total. The number of hydrogen-bond donors (Lipinski definition) is 2. The van der Waals surface area contributed by atoms with Gasteiger partial charge >= 0.3 is 0 Å². The highest BCUT2D eigenvalue weighted by Gasteiger charge is 2.30. The van der Waals surface area contributed by atoms with Crippen molar-refractivity contribution < 1.29 is 0 Å². The summed E-state index contributed by atoms with van der Waals surface area (Å²) < 4.78 is 0. The first-order valence-electron chi connectivity index (χ1n) is 15.1. The molecule has 8 nitrogen and oxygen atoms in total. The smallest absolute Gasteiger partial charge is 0.182 e. The van der Waals surface area contributed by atoms with Gasteiger partial charge in [-0.1, -0.05) is 121 Å². The number of nitrogens with one attached hydrogen (secondary N) is 2. The molecule has 10 heteroatoms. The largest absolute Gasteiger partial charge is 0.213 e. The Morgan fingerprint density at radius 1 is 0.312 bits per heavy atom. The quantitative estimate of drug-likeness (QED) is 0.178. The van der Waals surface area contributed by atoms with E-state index in [0.717, 1.165) is 56.7 Å². The Hall–Kier alpha value is -5.96. The SMILES string of the molecule is Cl.Cl.c1ccc(C2=NNN(c3ccccc3)N2c2ccc(-c3ccc(N4C(c5ccccc5)=NNN4c4ccccc4)cc3)cc2)cc1. The van der Waals surface area contributed by atoms with Crippen molar-refractivity contribution in [2.45, 2.75) is 0 Å². The lowest BCUT2D eigenvalue weighted by molar-refractivity contribution is 0.723. The summed E-state index contributed by atoms with van der Waals surface area (Å²) in [4.78, 5) is 0. The number of hydrogen-bond acceptors (Lipinski definition) is 8. The van der Waals surface area contributed by atoms with Crippen LogP contribution in [0.5, 0.6) is 0 Å². The van der Waals surface area contributed by atoms with Gasteiger partial charge in [-0.15, -0.1) is 35.0 Å². The van der Waals surface area contributed by atoms with E-state index in [1.54, 1.807) is 0 Å². The van der Waals surface area contributed by atoms with Crippen LogP contribution in [0.15, 0.2) is 180 Å². The molecular weight excluding hydrogens is 639 g/mol. The van der Waals surface area contributed by atoms with Gasteiger partial charge in [0.05, 0.1) is 22.7 Å². The monoisotopic (exact) mass is 670 g/mol. The van der Waals surface area contributed by atoms with Crippen LogP contribution in [0.3, 0.4) is 0 Å². The number of halogens is 2. The highest BCUT2D eigenvalue weighted by molar-refractivity contribution is 6.13. The fourth-order valence-corrected chi connectivity index (χ4v) is 5.66. The van der Waals surface area contributed by atoms with Gasteiger partial charge in [0.15, 0.2) is 11.7 Å². The predicted octanol–water partition coefficient (Wildman–Crippen LogP) is 8.41. The standard InChI is InChI=1S/C38H30N8.2ClH/c1-5-13-31(14-6-1)37-39-41-45(35-17-9-3-10-18-35)43(37)33-25-21-29(22-26-33)30-23-27-34(28-24-30)44-38(32-15-7-2-8-16-32)40-42-46(44)36-19-11-4-12-20-36;;/h1-28,41-42H;2*1H. The minimum Gasteiger partial charge on any atom is -0.213 e. The van der Waals surface area contributed by atoms with Gasteiger partial charge in [0.25, 0.3) is 0 Å². The van der Waals surface area contributed by atoms with Crippen LogP contribution in [0.4, 0.5) is 22.7 Å². The molecule has 0 radical (unpaired) electrons. The number of hydrazine groups is 4. The number of nitrogens with zero attached hydrogens (tertiary/aromatic N) is 6. The molecule has 0 spiro atoms. The van der Waals surface area contributed by atoms with Crippen molar-refractivity contribution in [3.05, 3.63) is 181 Å². The Balaban J connectivity index is 0.00000201. The molecule has 0 unspecified atom stereocenters. The minimum atomic E-state index is 0. The second-order valence-corrected chi connectivity index (χ2v) is 10.8. The molecule has 0 saturated heterocycles. The first-order chi connectivity index (χ1) is 22.8. The highest BCUT2D eigenvalue weighted by atomic mass is 35.5. The maximum absolute atomic E-state index is 4.70. The van der Waals surface area contributed by atoms with Crippen molar-refractivity contribution in [2.24, 2.45) is 10.2 Å². The molecule has 6 aromatic rings. The fourth-order valence-electron chi connectivity index (χ4n) is 5.66. The van der Waals surface area contributed by atoms with Gasteiger partial charge in [-0.3, -0.25) is 0 Å². The summed E-state index contributed by atoms with van der Waals surface area (Å²) in [5, 5.41) is 17.5. The van der Waals surface area contributed by atoms with Gasteiger partial charge in [-0.2, -0.15) is 21.3 Å². The zero-order chi connectivity index (χ0) is 30.7. The van der Waals surface area contributed by atoms with E-state index in [1.807, 2.05) is 83.0 Å². The van der Waals surface area contributed by atoms with Crippen LogP contribution in [0.25, 0.3) is 11.1 Å². The molecule has 0 atom stereocenters. The fraction of sp³-hybridized carbons (Fsp3) is 0. The van der Waals surface area contributed by atoms with E-state index < -0.39 is 0 Å². The average Bonchev–Trinajstić information content (AvgIpc) is 3.79. The second kappa shape index (κ2) is 14.2. The van der Waals surface area contributed by atoms with E-state index in [9.17, 15) is 0 Å². The van der Waals surface area contributed by atoms with E-state index in [-0.39, 0.29) is 24.8 Å². The molecule has 48 heavy (non-hydrogen) atoms. The van der Waals surface area contributed by atoms with E-state index in [2.05, 4.69) is 118 Å². The zero-order valence-electron chi connectivity index (χ0n) is 25.7. The van der Waals surface area contributed by atoms with Crippen LogP contribution in [-0.2, 0) is 0 Å². The van der Waals surface area contributed by atoms with Gasteiger partial charge < -0.3 is 0 Å². The summed E-state index contributed by atoms with van der Waals surface area (Å²) in [6, 6.07) is 57.9. The Kier molecular flexibility index (Phi) is 9.47. The van der Waals surface area contributed by atoms with E-state index in [1.165, 1.54) is 0 Å². The molecule has 0 bridgehead atoms. The lowest BCUT2D eigenvalue weighted by atomic mass is 10.0. The van der Waals surface area contributed by atoms with Gasteiger partial charge in [0.1, 0.15) is 0 Å². The lowest BCUT2D eigenvalue weighted by Crippen LogP contribution is -2.46. The number of amidine groups is 2. The lowest BCUT2D eigenvalue weighted by Gasteiger charge is -2.31. The molecule has 8 rings (SSSR count). The van der Waals surface area contributed by atoms with Crippen molar-refractivity contribution >= 4 is 59.2 Å². The van der Waals surface area contributed by atoms with Crippen molar-refractivity contribution in [3.63, 3.8) is 0 Å². The Morgan fingerprint density at radius 3 is 0.958 bits per heavy atom. The van der Waals surface area contributed by atoms with Crippen LogP contribution < -0.4 is 31.3 Å². The van der Waals surface area contributed by atoms with Crippen molar-refractivity contribution in [1.82, 2.24) is 11.1 Å². The van der Waals surface area contributed by atoms with Crippen molar-refractivity contribution in [2.75, 3.05) is 20.3 Å². The summed E-state index contributed by atoms with van der Waals surface area (Å²) in [6.45, 7) is 0. The molecule has 0 aromatic heterocycles. The Bertz CT molecular complexity index is 1840. The maximum Gasteiger partial charge on any atom is 0.182 e. The van der Waals surface area contributed by atoms with Crippen LogP contribution in [0.1, 0.15) is 11.1 Å².